The summed E-state index contributed by atoms with van der Waals surface area (Å²) in [6, 6.07) is 3.08. The minimum absolute atomic E-state index is 0.00745. The van der Waals surface area contributed by atoms with Gasteiger partial charge in [0.25, 0.3) is 0 Å². The molecule has 0 aliphatic carbocycles. The minimum atomic E-state index is -0.128. The van der Waals surface area contributed by atoms with Crippen LogP contribution in [0.4, 0.5) is 5.82 Å². The summed E-state index contributed by atoms with van der Waals surface area (Å²) >= 11 is 0. The zero-order valence-corrected chi connectivity index (χ0v) is 7.45. The molecule has 1 heterocycles. The van der Waals surface area contributed by atoms with E-state index in [9.17, 15) is 9.90 Å². The van der Waals surface area contributed by atoms with E-state index >= 15 is 0 Å². The first kappa shape index (κ1) is 9.51. The van der Waals surface area contributed by atoms with Crippen LogP contribution in [0.2, 0.25) is 0 Å². The van der Waals surface area contributed by atoms with Crippen LogP contribution in [0.1, 0.15) is 19.8 Å². The number of nitrogens with zero attached hydrogens (tertiary/aromatic N) is 1. The van der Waals surface area contributed by atoms with Gasteiger partial charge in [0.05, 0.1) is 0 Å². The van der Waals surface area contributed by atoms with Crippen molar-refractivity contribution in [3.63, 3.8) is 0 Å². The summed E-state index contributed by atoms with van der Waals surface area (Å²) in [5, 5.41) is 11.8. The number of pyridine rings is 1. The Morgan fingerprint density at radius 1 is 1.69 bits per heavy atom. The van der Waals surface area contributed by atoms with E-state index < -0.39 is 0 Å². The number of rotatable bonds is 3. The summed E-state index contributed by atoms with van der Waals surface area (Å²) in [5.74, 6) is 0.0874. The third-order valence-electron chi connectivity index (χ3n) is 1.52. The molecule has 13 heavy (non-hydrogen) atoms. The molecule has 1 aromatic heterocycles. The van der Waals surface area contributed by atoms with E-state index in [-0.39, 0.29) is 17.5 Å². The maximum Gasteiger partial charge on any atom is 0.225 e. The lowest BCUT2D eigenvalue weighted by molar-refractivity contribution is -0.116. The van der Waals surface area contributed by atoms with Crippen molar-refractivity contribution in [1.29, 1.82) is 0 Å². The summed E-state index contributed by atoms with van der Waals surface area (Å²) in [6.07, 6.45) is 2.73. The topological polar surface area (TPSA) is 62.2 Å². The molecule has 0 bridgehead atoms. The predicted molar refractivity (Wildman–Crippen MR) is 49.4 cm³/mol. The number of carbonyl (C=O) groups excluding carboxylic acids is 1. The van der Waals surface area contributed by atoms with Crippen LogP contribution in [0, 0.1) is 0 Å². The van der Waals surface area contributed by atoms with Crippen molar-refractivity contribution >= 4 is 11.7 Å². The summed E-state index contributed by atoms with van der Waals surface area (Å²) < 4.78 is 0. The fourth-order valence-electron chi connectivity index (χ4n) is 0.915. The highest BCUT2D eigenvalue weighted by Crippen LogP contribution is 2.18. The highest BCUT2D eigenvalue weighted by Gasteiger charge is 2.04. The van der Waals surface area contributed by atoms with Gasteiger partial charge in [0, 0.05) is 12.6 Å². The molecule has 0 radical (unpaired) electrons. The van der Waals surface area contributed by atoms with Gasteiger partial charge in [-0.2, -0.15) is 0 Å². The fourth-order valence-corrected chi connectivity index (χ4v) is 0.915. The Bertz CT molecular complexity index is 299. The molecule has 0 atom stereocenters. The smallest absolute Gasteiger partial charge is 0.225 e. The number of aromatic hydroxyl groups is 1. The largest absolute Gasteiger partial charge is 0.504 e. The Morgan fingerprint density at radius 2 is 2.46 bits per heavy atom. The van der Waals surface area contributed by atoms with E-state index in [0.29, 0.717) is 6.42 Å². The Labute approximate surface area is 76.6 Å². The van der Waals surface area contributed by atoms with Crippen molar-refractivity contribution in [2.24, 2.45) is 0 Å². The number of hydrogen-bond donors (Lipinski definition) is 2. The van der Waals surface area contributed by atoms with Gasteiger partial charge in [-0.3, -0.25) is 4.79 Å². The average Bonchev–Trinajstić information content (AvgIpc) is 2.09. The van der Waals surface area contributed by atoms with Crippen LogP contribution in [-0.4, -0.2) is 16.0 Å². The number of amides is 1. The SMILES string of the molecule is CCCC(=O)Nc1ncccc1O. The number of carbonyl (C=O) groups is 1. The van der Waals surface area contributed by atoms with Crippen LogP contribution in [0.5, 0.6) is 5.75 Å². The zero-order valence-electron chi connectivity index (χ0n) is 7.45. The normalized spacial score (nSPS) is 9.62. The summed E-state index contributed by atoms with van der Waals surface area (Å²) in [5.41, 5.74) is 0. The zero-order chi connectivity index (χ0) is 9.68. The lowest BCUT2D eigenvalue weighted by atomic mass is 10.3. The van der Waals surface area contributed by atoms with E-state index in [0.717, 1.165) is 6.42 Å². The molecule has 4 nitrogen and oxygen atoms in total. The predicted octanol–water partition coefficient (Wildman–Crippen LogP) is 1.53. The molecule has 2 N–H and O–H groups in total. The van der Waals surface area contributed by atoms with Crippen LogP contribution in [0.25, 0.3) is 0 Å². The van der Waals surface area contributed by atoms with Crippen molar-refractivity contribution in [2.45, 2.75) is 19.8 Å². The highest BCUT2D eigenvalue weighted by atomic mass is 16.3. The van der Waals surface area contributed by atoms with Gasteiger partial charge in [0.2, 0.25) is 5.91 Å². The second-order valence-corrected chi connectivity index (χ2v) is 2.67. The van der Waals surface area contributed by atoms with Gasteiger partial charge in [0.1, 0.15) is 0 Å². The van der Waals surface area contributed by atoms with E-state index in [2.05, 4.69) is 10.3 Å². The van der Waals surface area contributed by atoms with Gasteiger partial charge >= 0.3 is 0 Å². The first-order chi connectivity index (χ1) is 6.24. The molecule has 0 fully saturated rings. The van der Waals surface area contributed by atoms with E-state index in [1.54, 1.807) is 6.07 Å². The van der Waals surface area contributed by atoms with Crippen molar-refractivity contribution in [1.82, 2.24) is 4.98 Å². The minimum Gasteiger partial charge on any atom is -0.504 e. The Kier molecular flexibility index (Phi) is 3.25. The maximum absolute atomic E-state index is 11.1. The van der Waals surface area contributed by atoms with E-state index in [4.69, 9.17) is 0 Å². The van der Waals surface area contributed by atoms with Crippen LogP contribution >= 0.6 is 0 Å². The number of aromatic nitrogens is 1. The molecule has 0 saturated heterocycles. The average molecular weight is 180 g/mol. The van der Waals surface area contributed by atoms with Gasteiger partial charge in [-0.1, -0.05) is 6.92 Å². The first-order valence-corrected chi connectivity index (χ1v) is 4.18. The molecule has 4 heteroatoms. The monoisotopic (exact) mass is 180 g/mol. The van der Waals surface area contributed by atoms with Crippen molar-refractivity contribution in [2.75, 3.05) is 5.32 Å². The number of nitrogens with one attached hydrogen (secondary N) is 1. The lowest BCUT2D eigenvalue weighted by Gasteiger charge is -2.03. The molecule has 1 amide bonds. The second-order valence-electron chi connectivity index (χ2n) is 2.67. The summed E-state index contributed by atoms with van der Waals surface area (Å²) in [7, 11) is 0. The third kappa shape index (κ3) is 2.74. The fraction of sp³-hybridized carbons (Fsp3) is 0.333. The van der Waals surface area contributed by atoms with E-state index in [1.807, 2.05) is 6.92 Å². The highest BCUT2D eigenvalue weighted by molar-refractivity contribution is 5.90. The van der Waals surface area contributed by atoms with Crippen molar-refractivity contribution in [3.05, 3.63) is 18.3 Å². The molecule has 1 rings (SSSR count). The second kappa shape index (κ2) is 4.45. The number of hydrogen-bond acceptors (Lipinski definition) is 3. The molecule has 0 aliphatic heterocycles. The van der Waals surface area contributed by atoms with Crippen LogP contribution in [0.15, 0.2) is 18.3 Å². The first-order valence-electron chi connectivity index (χ1n) is 4.18. The summed E-state index contributed by atoms with van der Waals surface area (Å²) in [4.78, 5) is 14.9. The molecular formula is C9H12N2O2. The van der Waals surface area contributed by atoms with Crippen LogP contribution < -0.4 is 5.32 Å². The summed E-state index contributed by atoms with van der Waals surface area (Å²) in [6.45, 7) is 1.91. The third-order valence-corrected chi connectivity index (χ3v) is 1.52. The molecule has 0 saturated carbocycles. The molecule has 1 aromatic rings. The van der Waals surface area contributed by atoms with Gasteiger partial charge in [-0.15, -0.1) is 0 Å². The van der Waals surface area contributed by atoms with Gasteiger partial charge < -0.3 is 10.4 Å². The van der Waals surface area contributed by atoms with Crippen LogP contribution in [-0.2, 0) is 4.79 Å². The quantitative estimate of drug-likeness (QED) is 0.741. The van der Waals surface area contributed by atoms with Gasteiger partial charge in [0.15, 0.2) is 11.6 Å². The van der Waals surface area contributed by atoms with Crippen LogP contribution in [0.3, 0.4) is 0 Å². The number of anilines is 1. The van der Waals surface area contributed by atoms with E-state index in [1.165, 1.54) is 12.3 Å². The Balaban J connectivity index is 2.63. The standard InChI is InChI=1S/C9H12N2O2/c1-2-4-8(13)11-9-7(12)5-3-6-10-9/h3,5-6,12H,2,4H2,1H3,(H,10,11,13). The maximum atomic E-state index is 11.1. The molecule has 70 valence electrons. The molecular weight excluding hydrogens is 168 g/mol. The van der Waals surface area contributed by atoms with Gasteiger partial charge in [-0.25, -0.2) is 4.98 Å². The lowest BCUT2D eigenvalue weighted by Crippen LogP contribution is -2.11. The Morgan fingerprint density at radius 3 is 3.08 bits per heavy atom. The van der Waals surface area contributed by atoms with Gasteiger partial charge in [-0.05, 0) is 18.6 Å². The van der Waals surface area contributed by atoms with Crippen molar-refractivity contribution < 1.29 is 9.90 Å². The molecule has 0 aromatic carbocycles. The Hall–Kier alpha value is -1.58. The molecule has 0 spiro atoms. The molecule has 0 unspecified atom stereocenters. The van der Waals surface area contributed by atoms with Crippen molar-refractivity contribution in [3.8, 4) is 5.75 Å². The molecule has 0 aliphatic rings.